The second-order valence-corrected chi connectivity index (χ2v) is 13.4. The molecule has 0 unspecified atom stereocenters. The van der Waals surface area contributed by atoms with Gasteiger partial charge in [0.15, 0.2) is 11.9 Å². The van der Waals surface area contributed by atoms with Gasteiger partial charge in [0.2, 0.25) is 47.3 Å². The summed E-state index contributed by atoms with van der Waals surface area (Å²) >= 11 is 0. The highest BCUT2D eigenvalue weighted by molar-refractivity contribution is 5.98. The van der Waals surface area contributed by atoms with Crippen LogP contribution >= 0.6 is 0 Å². The molecule has 0 spiro atoms. The summed E-state index contributed by atoms with van der Waals surface area (Å²) < 4.78 is 0. The van der Waals surface area contributed by atoms with Crippen LogP contribution in [0.3, 0.4) is 0 Å². The number of nitrogens with one attached hydrogen (secondary N) is 6. The summed E-state index contributed by atoms with van der Waals surface area (Å²) in [4.78, 5) is 125. The molecular weight excluding hydrogens is 740 g/mol. The van der Waals surface area contributed by atoms with E-state index in [1.54, 1.807) is 13.8 Å². The first-order chi connectivity index (χ1) is 26.2. The van der Waals surface area contributed by atoms with Crippen molar-refractivity contribution in [3.05, 3.63) is 0 Å². The molecule has 314 valence electrons. The maximum Gasteiger partial charge on any atom is 0.303 e. The van der Waals surface area contributed by atoms with Gasteiger partial charge in [-0.2, -0.15) is 0 Å². The lowest BCUT2D eigenvalue weighted by molar-refractivity contribution is -0.139. The quantitative estimate of drug-likeness (QED) is 0.0349. The number of carbonyl (C=O) groups is 9. The molecule has 19 N–H and O–H groups in total. The first-order valence-corrected chi connectivity index (χ1v) is 17.9. The van der Waals surface area contributed by atoms with Crippen molar-refractivity contribution < 1.29 is 48.3 Å². The zero-order chi connectivity index (χ0) is 42.5. The van der Waals surface area contributed by atoms with Gasteiger partial charge in [-0.15, -0.1) is 0 Å². The van der Waals surface area contributed by atoms with Crippen LogP contribution in [0.25, 0.3) is 0 Å². The number of hydrogen-bond donors (Lipinski definition) is 13. The summed E-state index contributed by atoms with van der Waals surface area (Å²) in [6.45, 7) is 3.21. The van der Waals surface area contributed by atoms with Crippen molar-refractivity contribution in [1.82, 2.24) is 31.9 Å². The zero-order valence-corrected chi connectivity index (χ0v) is 31.5. The highest BCUT2D eigenvalue weighted by Gasteiger charge is 2.36. The minimum Gasteiger partial charge on any atom is -0.481 e. The smallest absolute Gasteiger partial charge is 0.303 e. The van der Waals surface area contributed by atoms with E-state index in [1.807, 2.05) is 0 Å². The fourth-order valence-electron chi connectivity index (χ4n) is 5.33. The second kappa shape index (κ2) is 24.2. The van der Waals surface area contributed by atoms with E-state index in [2.05, 4.69) is 41.9 Å². The van der Waals surface area contributed by atoms with E-state index >= 15 is 0 Å². The molecule has 0 aromatic carbocycles. The van der Waals surface area contributed by atoms with Gasteiger partial charge in [-0.25, -0.2) is 0 Å². The van der Waals surface area contributed by atoms with Gasteiger partial charge < -0.3 is 71.4 Å². The molecule has 0 radical (unpaired) electrons. The minimum absolute atomic E-state index is 0.00199. The monoisotopic (exact) mass is 796 g/mol. The highest BCUT2D eigenvalue weighted by Crippen LogP contribution is 2.11. The van der Waals surface area contributed by atoms with Crippen LogP contribution in [0, 0.1) is 5.92 Å². The Bertz CT molecular complexity index is 1500. The molecular formula is C32H56N14O10. The van der Waals surface area contributed by atoms with Crippen molar-refractivity contribution in [1.29, 1.82) is 0 Å². The third-order valence-corrected chi connectivity index (χ3v) is 8.31. The summed E-state index contributed by atoms with van der Waals surface area (Å²) in [6.07, 6.45) is -2.59. The molecule has 8 amide bonds. The lowest BCUT2D eigenvalue weighted by Gasteiger charge is -2.30. The van der Waals surface area contributed by atoms with E-state index in [1.165, 1.54) is 0 Å². The number of nitrogens with two attached hydrogens (primary N) is 6. The van der Waals surface area contributed by atoms with Crippen molar-refractivity contribution in [3.63, 3.8) is 0 Å². The molecule has 1 fully saturated rings. The van der Waals surface area contributed by atoms with Crippen LogP contribution in [0.1, 0.15) is 78.1 Å². The number of hydrogen-bond acceptors (Lipinski definition) is 11. The third-order valence-electron chi connectivity index (χ3n) is 8.31. The van der Waals surface area contributed by atoms with Crippen LogP contribution in [0.5, 0.6) is 0 Å². The summed E-state index contributed by atoms with van der Waals surface area (Å²) in [6, 6.07) is -8.79. The Balaban J connectivity index is 3.85. The van der Waals surface area contributed by atoms with Crippen molar-refractivity contribution in [2.75, 3.05) is 13.1 Å². The molecule has 0 aromatic heterocycles. The lowest BCUT2D eigenvalue weighted by Crippen LogP contribution is -2.62. The van der Waals surface area contributed by atoms with Gasteiger partial charge in [0.25, 0.3) is 0 Å². The van der Waals surface area contributed by atoms with E-state index in [0.29, 0.717) is 0 Å². The maximum atomic E-state index is 13.8. The average Bonchev–Trinajstić information content (AvgIpc) is 3.09. The summed E-state index contributed by atoms with van der Waals surface area (Å²) in [5, 5.41) is 24.2. The van der Waals surface area contributed by atoms with E-state index in [-0.39, 0.29) is 63.5 Å². The molecule has 0 aliphatic carbocycles. The Morgan fingerprint density at radius 1 is 0.518 bits per heavy atom. The summed E-state index contributed by atoms with van der Waals surface area (Å²) in [5.41, 5.74) is 32.2. The van der Waals surface area contributed by atoms with Gasteiger partial charge in [0, 0.05) is 32.4 Å². The largest absolute Gasteiger partial charge is 0.481 e. The van der Waals surface area contributed by atoms with Crippen molar-refractivity contribution in [3.8, 4) is 0 Å². The lowest BCUT2D eigenvalue weighted by atomic mass is 10.00. The highest BCUT2D eigenvalue weighted by atomic mass is 16.4. The number of aliphatic carboxylic acids is 1. The number of aliphatic imine (C=N–C) groups is 2. The van der Waals surface area contributed by atoms with E-state index < -0.39 is 121 Å². The van der Waals surface area contributed by atoms with Crippen molar-refractivity contribution >= 4 is 65.1 Å². The predicted molar refractivity (Wildman–Crippen MR) is 200 cm³/mol. The van der Waals surface area contributed by atoms with Crippen molar-refractivity contribution in [2.45, 2.75) is 114 Å². The number of primary amides is 2. The number of carbonyl (C=O) groups excluding carboxylic acids is 8. The van der Waals surface area contributed by atoms with Gasteiger partial charge >= 0.3 is 5.97 Å². The van der Waals surface area contributed by atoms with Crippen LogP contribution in [0.4, 0.5) is 0 Å². The Labute approximate surface area is 322 Å². The van der Waals surface area contributed by atoms with Gasteiger partial charge in [-0.3, -0.25) is 53.1 Å². The number of rotatable bonds is 18. The minimum atomic E-state index is -1.60. The normalized spacial score (nSPS) is 22.8. The van der Waals surface area contributed by atoms with Gasteiger partial charge in [0.1, 0.15) is 36.3 Å². The Morgan fingerprint density at radius 2 is 0.821 bits per heavy atom. The SMILES string of the molecule is CC(C)[C@@H]1NC(=O)[C@H](CCC(N)=O)NC(=O)[C@H](CCC(=O)O)NC(=O)[C@H](CCCN=C(N)N)NC(=O)[C@H](CCC(N)=O)NC(=O)[C@H](CCCN=C(N)N)NC1=O. The molecule has 1 aliphatic rings. The average molecular weight is 797 g/mol. The molecule has 0 saturated carbocycles. The second-order valence-electron chi connectivity index (χ2n) is 13.4. The number of carboxylic acids is 1. The summed E-state index contributed by atoms with van der Waals surface area (Å²) in [5.74, 6) is -9.73. The molecule has 24 heteroatoms. The Kier molecular flexibility index (Phi) is 20.7. The van der Waals surface area contributed by atoms with Crippen molar-refractivity contribution in [2.24, 2.45) is 50.3 Å². The third kappa shape index (κ3) is 18.7. The van der Waals surface area contributed by atoms with Gasteiger partial charge in [-0.05, 0) is 50.9 Å². The molecule has 0 bridgehead atoms. The summed E-state index contributed by atoms with van der Waals surface area (Å²) in [7, 11) is 0. The van der Waals surface area contributed by atoms with Gasteiger partial charge in [0.05, 0.1) is 0 Å². The molecule has 24 nitrogen and oxygen atoms in total. The molecule has 0 aromatic rings. The van der Waals surface area contributed by atoms with E-state index in [0.717, 1.165) is 0 Å². The molecule has 1 heterocycles. The fraction of sp³-hybridized carbons (Fsp3) is 0.656. The Hall–Kier alpha value is -6.23. The maximum absolute atomic E-state index is 13.8. The number of amides is 8. The molecule has 1 rings (SSSR count). The number of nitrogens with zero attached hydrogens (tertiary/aromatic N) is 2. The predicted octanol–water partition coefficient (Wildman–Crippen LogP) is -5.93. The van der Waals surface area contributed by atoms with Gasteiger partial charge in [-0.1, -0.05) is 13.8 Å². The first kappa shape index (κ1) is 47.8. The zero-order valence-electron chi connectivity index (χ0n) is 31.5. The van der Waals surface area contributed by atoms with Crippen LogP contribution in [0.15, 0.2) is 9.98 Å². The molecule has 1 saturated heterocycles. The van der Waals surface area contributed by atoms with Crippen LogP contribution in [-0.4, -0.2) is 120 Å². The standard InChI is InChI=1S/C32H56N14O10/c1-15(2)24-30(56)45-17(6-4-14-40-32(37)38)26(52)42-18(7-10-21(33)47)27(53)41-16(5-3-13-39-31(35)36)25(51)44-20(9-12-23(49)50)28(54)43-19(29(55)46-24)8-11-22(34)48/h15-20,24H,3-14H2,1-2H3,(H2,33,47)(H2,34,48)(H,41,53)(H,42,52)(H,43,54)(H,44,51)(H,45,56)(H,46,55)(H,49,50)(H4,35,36,39)(H4,37,38,40)/t16-,17-,18-,19-,20-,24-/m0/s1. The molecule has 6 atom stereocenters. The first-order valence-electron chi connectivity index (χ1n) is 17.9. The number of carboxylic acid groups (broad SMARTS) is 1. The van der Waals surface area contributed by atoms with Crippen LogP contribution < -0.4 is 66.3 Å². The van der Waals surface area contributed by atoms with Crippen LogP contribution in [-0.2, 0) is 43.2 Å². The van der Waals surface area contributed by atoms with E-state index in [4.69, 9.17) is 34.4 Å². The van der Waals surface area contributed by atoms with Crippen LogP contribution in [0.2, 0.25) is 0 Å². The number of guanidine groups is 2. The molecule has 1 aliphatic heterocycles. The van der Waals surface area contributed by atoms with E-state index in [9.17, 15) is 48.3 Å². The Morgan fingerprint density at radius 3 is 1.12 bits per heavy atom. The molecule has 56 heavy (non-hydrogen) atoms. The topological polar surface area (TPSA) is 427 Å². The fourth-order valence-corrected chi connectivity index (χ4v) is 5.33.